The number of aromatic nitrogens is 3. The van der Waals surface area contributed by atoms with Crippen molar-refractivity contribution in [3.05, 3.63) is 64.9 Å². The lowest BCUT2D eigenvalue weighted by Gasteiger charge is -2.08. The molecule has 0 saturated carbocycles. The van der Waals surface area contributed by atoms with Crippen LogP contribution in [0.4, 0.5) is 4.39 Å². The molecule has 0 saturated heterocycles. The van der Waals surface area contributed by atoms with Gasteiger partial charge in [0.15, 0.2) is 14.9 Å². The molecule has 0 aliphatic carbocycles. The van der Waals surface area contributed by atoms with Gasteiger partial charge in [-0.15, -0.1) is 0 Å². The Morgan fingerprint density at radius 2 is 2.03 bits per heavy atom. The Morgan fingerprint density at radius 1 is 1.28 bits per heavy atom. The summed E-state index contributed by atoms with van der Waals surface area (Å²) in [4.78, 5) is 11.1. The summed E-state index contributed by atoms with van der Waals surface area (Å²) < 4.78 is 39.4. The van der Waals surface area contributed by atoms with Crippen molar-refractivity contribution < 1.29 is 12.8 Å². The molecule has 0 bridgehead atoms. The molecule has 3 aromatic rings. The Hall–Kier alpha value is -2.29. The van der Waals surface area contributed by atoms with Crippen LogP contribution in [0.5, 0.6) is 0 Å². The van der Waals surface area contributed by atoms with Crippen LogP contribution in [0.25, 0.3) is 11.0 Å². The molecule has 1 N–H and O–H groups in total. The SMILES string of the molecule is Cc1ccc2c(n1)c(Cc1ccc(S(C)(=O)=O)nc1)c(C)n2C/C(F)=C/CNCl. The van der Waals surface area contributed by atoms with Gasteiger partial charge in [-0.05, 0) is 55.5 Å². The first-order chi connectivity index (χ1) is 13.7. The predicted molar refractivity (Wildman–Crippen MR) is 112 cm³/mol. The third-order valence-corrected chi connectivity index (χ3v) is 5.86. The monoisotopic (exact) mass is 436 g/mol. The highest BCUT2D eigenvalue weighted by molar-refractivity contribution is 7.90. The minimum Gasteiger partial charge on any atom is -0.336 e. The lowest BCUT2D eigenvalue weighted by molar-refractivity contribution is 0.554. The Morgan fingerprint density at radius 3 is 2.66 bits per heavy atom. The second-order valence-corrected chi connectivity index (χ2v) is 9.14. The summed E-state index contributed by atoms with van der Waals surface area (Å²) in [5, 5.41) is 0.0366. The van der Waals surface area contributed by atoms with E-state index in [-0.39, 0.29) is 23.9 Å². The minimum atomic E-state index is -3.35. The fourth-order valence-corrected chi connectivity index (χ4v) is 3.86. The molecular formula is C20H22ClFN4O2S. The molecule has 0 fully saturated rings. The second kappa shape index (κ2) is 8.61. The van der Waals surface area contributed by atoms with E-state index in [4.69, 9.17) is 11.8 Å². The molecule has 0 radical (unpaired) electrons. The second-order valence-electron chi connectivity index (χ2n) is 6.91. The molecule has 0 spiro atoms. The molecule has 3 aromatic heterocycles. The van der Waals surface area contributed by atoms with Crippen molar-refractivity contribution in [2.24, 2.45) is 0 Å². The molecule has 0 amide bonds. The average Bonchev–Trinajstić information content (AvgIpc) is 2.91. The van der Waals surface area contributed by atoms with E-state index in [1.165, 1.54) is 12.1 Å². The van der Waals surface area contributed by atoms with Crippen molar-refractivity contribution in [3.63, 3.8) is 0 Å². The maximum absolute atomic E-state index is 14.3. The Bertz CT molecular complexity index is 1170. The number of halogens is 2. The zero-order valence-corrected chi connectivity index (χ0v) is 18.0. The highest BCUT2D eigenvalue weighted by Gasteiger charge is 2.17. The van der Waals surface area contributed by atoms with Gasteiger partial charge in [0.1, 0.15) is 5.83 Å². The normalized spacial score (nSPS) is 12.7. The summed E-state index contributed by atoms with van der Waals surface area (Å²) in [5.74, 6) is -0.301. The van der Waals surface area contributed by atoms with Gasteiger partial charge in [-0.2, -0.15) is 0 Å². The van der Waals surface area contributed by atoms with Crippen molar-refractivity contribution in [2.75, 3.05) is 12.8 Å². The third-order valence-electron chi connectivity index (χ3n) is 4.70. The number of pyridine rings is 2. The van der Waals surface area contributed by atoms with Crippen LogP contribution in [0.1, 0.15) is 22.5 Å². The summed E-state index contributed by atoms with van der Waals surface area (Å²) in [5.41, 5.74) is 5.21. The van der Waals surface area contributed by atoms with Gasteiger partial charge in [0.05, 0.1) is 17.6 Å². The van der Waals surface area contributed by atoms with Crippen molar-refractivity contribution in [2.45, 2.75) is 31.8 Å². The fourth-order valence-electron chi connectivity index (χ4n) is 3.22. The first kappa shape index (κ1) is 21.4. The number of allylic oxidation sites excluding steroid dienone is 1. The molecule has 0 aliphatic heterocycles. The van der Waals surface area contributed by atoms with Crippen molar-refractivity contribution in [1.29, 1.82) is 0 Å². The zero-order valence-electron chi connectivity index (χ0n) is 16.4. The third kappa shape index (κ3) is 4.83. The first-order valence-electron chi connectivity index (χ1n) is 8.99. The molecule has 0 aromatic carbocycles. The summed E-state index contributed by atoms with van der Waals surface area (Å²) in [6.45, 7) is 4.15. The van der Waals surface area contributed by atoms with E-state index in [2.05, 4.69) is 14.8 Å². The predicted octanol–water partition coefficient (Wildman–Crippen LogP) is 3.64. The zero-order chi connectivity index (χ0) is 21.2. The van der Waals surface area contributed by atoms with Crippen LogP contribution >= 0.6 is 11.8 Å². The number of nitrogens with zero attached hydrogens (tertiary/aromatic N) is 3. The molecule has 6 nitrogen and oxygen atoms in total. The quantitative estimate of drug-likeness (QED) is 0.572. The number of nitrogens with one attached hydrogen (secondary N) is 1. The highest BCUT2D eigenvalue weighted by Crippen LogP contribution is 2.28. The molecule has 3 heterocycles. The van der Waals surface area contributed by atoms with E-state index < -0.39 is 9.84 Å². The molecule has 9 heteroatoms. The fraction of sp³-hybridized carbons (Fsp3) is 0.300. The molecular weight excluding hydrogens is 415 g/mol. The van der Waals surface area contributed by atoms with E-state index in [1.54, 1.807) is 12.3 Å². The smallest absolute Gasteiger partial charge is 0.192 e. The van der Waals surface area contributed by atoms with Crippen LogP contribution in [0.15, 0.2) is 47.4 Å². The van der Waals surface area contributed by atoms with Crippen LogP contribution in [0, 0.1) is 13.8 Å². The Kier molecular flexibility index (Phi) is 6.36. The van der Waals surface area contributed by atoms with Crippen LogP contribution in [-0.2, 0) is 22.8 Å². The van der Waals surface area contributed by atoms with Crippen molar-refractivity contribution in [3.8, 4) is 0 Å². The van der Waals surface area contributed by atoms with Gasteiger partial charge in [0, 0.05) is 42.4 Å². The molecule has 29 heavy (non-hydrogen) atoms. The van der Waals surface area contributed by atoms with Crippen LogP contribution < -0.4 is 4.84 Å². The Labute approximate surface area is 174 Å². The summed E-state index contributed by atoms with van der Waals surface area (Å²) in [6.07, 6.45) is 4.59. The largest absolute Gasteiger partial charge is 0.336 e. The maximum Gasteiger partial charge on any atom is 0.192 e. The van der Waals surface area contributed by atoms with Gasteiger partial charge in [-0.1, -0.05) is 6.07 Å². The van der Waals surface area contributed by atoms with Gasteiger partial charge in [-0.25, -0.2) is 22.6 Å². The topological polar surface area (TPSA) is 76.9 Å². The van der Waals surface area contributed by atoms with E-state index in [0.29, 0.717) is 6.42 Å². The maximum atomic E-state index is 14.3. The number of hydrogen-bond acceptors (Lipinski definition) is 5. The van der Waals surface area contributed by atoms with Gasteiger partial charge in [0.25, 0.3) is 0 Å². The lowest BCUT2D eigenvalue weighted by Crippen LogP contribution is -2.04. The van der Waals surface area contributed by atoms with Gasteiger partial charge in [-0.3, -0.25) is 4.98 Å². The number of hydrogen-bond donors (Lipinski definition) is 1. The number of sulfone groups is 1. The molecule has 154 valence electrons. The summed E-state index contributed by atoms with van der Waals surface area (Å²) in [7, 11) is -3.35. The van der Waals surface area contributed by atoms with E-state index in [0.717, 1.165) is 39.8 Å². The van der Waals surface area contributed by atoms with Gasteiger partial charge in [0.2, 0.25) is 0 Å². The summed E-state index contributed by atoms with van der Waals surface area (Å²) >= 11 is 5.40. The van der Waals surface area contributed by atoms with E-state index >= 15 is 0 Å². The van der Waals surface area contributed by atoms with Crippen molar-refractivity contribution >= 4 is 32.6 Å². The first-order valence-corrected chi connectivity index (χ1v) is 11.3. The molecule has 0 aliphatic rings. The number of fused-ring (bicyclic) bond motifs is 1. The van der Waals surface area contributed by atoms with Gasteiger partial charge < -0.3 is 4.57 Å². The van der Waals surface area contributed by atoms with Crippen LogP contribution in [-0.4, -0.2) is 35.8 Å². The standard InChI is InChI=1S/C20H22ClFN4O2S/c1-13-4-6-18-20(25-13)17(14(2)26(18)12-16(22)8-9-24-21)10-15-5-7-19(23-11-15)29(3,27)28/h4-8,11,24H,9-10,12H2,1-3H3/b16-8-. The minimum absolute atomic E-state index is 0.0366. The highest BCUT2D eigenvalue weighted by atomic mass is 35.5. The van der Waals surface area contributed by atoms with Crippen molar-refractivity contribution in [1.82, 2.24) is 19.4 Å². The number of aryl methyl sites for hydroxylation is 1. The average molecular weight is 437 g/mol. The van der Waals surface area contributed by atoms with Gasteiger partial charge >= 0.3 is 0 Å². The molecule has 0 atom stereocenters. The summed E-state index contributed by atoms with van der Waals surface area (Å²) in [6, 6.07) is 7.08. The van der Waals surface area contributed by atoms with E-state index in [9.17, 15) is 12.8 Å². The van der Waals surface area contributed by atoms with E-state index in [1.807, 2.05) is 30.5 Å². The van der Waals surface area contributed by atoms with Crippen LogP contribution in [0.3, 0.4) is 0 Å². The van der Waals surface area contributed by atoms with Crippen LogP contribution in [0.2, 0.25) is 0 Å². The molecule has 3 rings (SSSR count). The number of rotatable bonds is 7. The Balaban J connectivity index is 2.03. The lowest BCUT2D eigenvalue weighted by atomic mass is 10.1. The molecule has 0 unspecified atom stereocenters.